The number of aryl methyl sites for hydroxylation is 1. The lowest BCUT2D eigenvalue weighted by atomic mass is 10.1. The van der Waals surface area contributed by atoms with Gasteiger partial charge in [-0.1, -0.05) is 25.1 Å². The highest BCUT2D eigenvalue weighted by Crippen LogP contribution is 2.33. The molecule has 1 heterocycles. The van der Waals surface area contributed by atoms with Crippen molar-refractivity contribution >= 4 is 16.6 Å². The third kappa shape index (κ3) is 2.18. The minimum atomic E-state index is 0.712. The predicted molar refractivity (Wildman–Crippen MR) is 82.0 cm³/mol. The molecule has 3 rings (SSSR count). The summed E-state index contributed by atoms with van der Waals surface area (Å²) in [6.45, 7) is 2.11. The van der Waals surface area contributed by atoms with Gasteiger partial charge in [0.05, 0.1) is 0 Å². The van der Waals surface area contributed by atoms with Gasteiger partial charge in [-0.2, -0.15) is 0 Å². The van der Waals surface area contributed by atoms with Gasteiger partial charge >= 0.3 is 0 Å². The Bertz CT molecular complexity index is 753. The van der Waals surface area contributed by atoms with E-state index in [1.807, 2.05) is 42.5 Å². The van der Waals surface area contributed by atoms with Crippen molar-refractivity contribution < 1.29 is 4.74 Å². The van der Waals surface area contributed by atoms with Gasteiger partial charge in [0, 0.05) is 17.3 Å². The summed E-state index contributed by atoms with van der Waals surface area (Å²) in [5, 5.41) is 0.916. The highest BCUT2D eigenvalue weighted by molar-refractivity contribution is 5.94. The van der Waals surface area contributed by atoms with E-state index in [-0.39, 0.29) is 0 Å². The molecule has 0 fully saturated rings. The topological polar surface area (TPSA) is 48.1 Å². The van der Waals surface area contributed by atoms with Crippen LogP contribution in [0.3, 0.4) is 0 Å². The smallest absolute Gasteiger partial charge is 0.153 e. The molecule has 0 aliphatic heterocycles. The molecule has 3 aromatic rings. The van der Waals surface area contributed by atoms with E-state index in [1.54, 1.807) is 6.20 Å². The van der Waals surface area contributed by atoms with Gasteiger partial charge < -0.3 is 10.5 Å². The Morgan fingerprint density at radius 3 is 2.70 bits per heavy atom. The van der Waals surface area contributed by atoms with Gasteiger partial charge in [-0.25, -0.2) is 0 Å². The molecule has 0 unspecified atom stereocenters. The van der Waals surface area contributed by atoms with Gasteiger partial charge in [-0.15, -0.1) is 0 Å². The van der Waals surface area contributed by atoms with Crippen molar-refractivity contribution in [3.63, 3.8) is 0 Å². The van der Waals surface area contributed by atoms with E-state index in [1.165, 1.54) is 5.56 Å². The minimum Gasteiger partial charge on any atom is -0.455 e. The number of nitrogen functional groups attached to an aromatic ring is 1. The summed E-state index contributed by atoms with van der Waals surface area (Å²) < 4.78 is 6.05. The monoisotopic (exact) mass is 264 g/mol. The molecular formula is C17H16N2O. The van der Waals surface area contributed by atoms with Gasteiger partial charge in [0.15, 0.2) is 5.75 Å². The Morgan fingerprint density at radius 2 is 1.85 bits per heavy atom. The zero-order chi connectivity index (χ0) is 13.9. The van der Waals surface area contributed by atoms with E-state index in [2.05, 4.69) is 18.0 Å². The van der Waals surface area contributed by atoms with Crippen LogP contribution < -0.4 is 10.5 Å². The molecule has 2 N–H and O–H groups in total. The molecule has 3 nitrogen and oxygen atoms in total. The SMILES string of the molecule is CCc1ccccc1Oc1ccc(N)c2cccnc12. The number of nitrogens with two attached hydrogens (primary N) is 1. The van der Waals surface area contributed by atoms with Gasteiger partial charge in [-0.3, -0.25) is 4.98 Å². The number of anilines is 1. The van der Waals surface area contributed by atoms with Crippen LogP contribution >= 0.6 is 0 Å². The van der Waals surface area contributed by atoms with Crippen molar-refractivity contribution in [2.75, 3.05) is 5.73 Å². The average molecular weight is 264 g/mol. The molecule has 20 heavy (non-hydrogen) atoms. The molecule has 0 radical (unpaired) electrons. The lowest BCUT2D eigenvalue weighted by Gasteiger charge is -2.12. The Balaban J connectivity index is 2.09. The lowest BCUT2D eigenvalue weighted by Crippen LogP contribution is -1.94. The first kappa shape index (κ1) is 12.5. The van der Waals surface area contributed by atoms with Crippen LogP contribution in [0.2, 0.25) is 0 Å². The van der Waals surface area contributed by atoms with Gasteiger partial charge in [-0.05, 0) is 42.3 Å². The van der Waals surface area contributed by atoms with E-state index in [9.17, 15) is 0 Å². The third-order valence-electron chi connectivity index (χ3n) is 3.34. The third-order valence-corrected chi connectivity index (χ3v) is 3.34. The van der Waals surface area contributed by atoms with Gasteiger partial charge in [0.2, 0.25) is 0 Å². The number of para-hydroxylation sites is 1. The first-order chi connectivity index (χ1) is 9.79. The van der Waals surface area contributed by atoms with E-state index in [4.69, 9.17) is 10.5 Å². The molecule has 1 aromatic heterocycles. The summed E-state index contributed by atoms with van der Waals surface area (Å²) in [5.41, 5.74) is 8.66. The summed E-state index contributed by atoms with van der Waals surface area (Å²) in [6, 6.07) is 15.6. The summed E-state index contributed by atoms with van der Waals surface area (Å²) in [5.74, 6) is 1.60. The Morgan fingerprint density at radius 1 is 1.00 bits per heavy atom. The molecule has 0 aliphatic carbocycles. The molecule has 0 saturated heterocycles. The number of benzene rings is 2. The molecule has 3 heteroatoms. The zero-order valence-electron chi connectivity index (χ0n) is 11.3. The van der Waals surface area contributed by atoms with Crippen molar-refractivity contribution in [3.05, 3.63) is 60.3 Å². The number of rotatable bonds is 3. The maximum absolute atomic E-state index is 6.05. The van der Waals surface area contributed by atoms with Crippen LogP contribution in [0.4, 0.5) is 5.69 Å². The van der Waals surface area contributed by atoms with Crippen molar-refractivity contribution in [3.8, 4) is 11.5 Å². The lowest BCUT2D eigenvalue weighted by molar-refractivity contribution is 0.481. The number of nitrogens with zero attached hydrogens (tertiary/aromatic N) is 1. The normalized spacial score (nSPS) is 10.7. The van der Waals surface area contributed by atoms with E-state index >= 15 is 0 Å². The number of fused-ring (bicyclic) bond motifs is 1. The van der Waals surface area contributed by atoms with Crippen LogP contribution in [-0.2, 0) is 6.42 Å². The standard InChI is InChI=1S/C17H16N2O/c1-2-12-6-3-4-8-15(12)20-16-10-9-14(18)13-7-5-11-19-17(13)16/h3-11H,2,18H2,1H3. The second kappa shape index (κ2) is 5.21. The van der Waals surface area contributed by atoms with Gasteiger partial charge in [0.25, 0.3) is 0 Å². The van der Waals surface area contributed by atoms with Crippen LogP contribution in [-0.4, -0.2) is 4.98 Å². The van der Waals surface area contributed by atoms with Gasteiger partial charge in [0.1, 0.15) is 11.3 Å². The second-order valence-electron chi connectivity index (χ2n) is 4.62. The fourth-order valence-corrected chi connectivity index (χ4v) is 2.27. The minimum absolute atomic E-state index is 0.712. The maximum atomic E-state index is 6.05. The Labute approximate surface area is 118 Å². The van der Waals surface area contributed by atoms with Crippen LogP contribution in [0.15, 0.2) is 54.7 Å². The molecule has 0 saturated carbocycles. The molecule has 100 valence electrons. The Hall–Kier alpha value is -2.55. The summed E-state index contributed by atoms with van der Waals surface area (Å²) in [7, 11) is 0. The second-order valence-corrected chi connectivity index (χ2v) is 4.62. The molecule has 0 amide bonds. The fraction of sp³-hybridized carbons (Fsp3) is 0.118. The molecule has 0 spiro atoms. The van der Waals surface area contributed by atoms with Crippen molar-refractivity contribution in [1.29, 1.82) is 0 Å². The first-order valence-electron chi connectivity index (χ1n) is 6.68. The van der Waals surface area contributed by atoms with E-state index in [0.717, 1.165) is 28.8 Å². The zero-order valence-corrected chi connectivity index (χ0v) is 11.3. The summed E-state index contributed by atoms with van der Waals surface area (Å²) in [4.78, 5) is 4.39. The quantitative estimate of drug-likeness (QED) is 0.722. The highest BCUT2D eigenvalue weighted by atomic mass is 16.5. The van der Waals surface area contributed by atoms with Crippen LogP contribution in [0.5, 0.6) is 11.5 Å². The molecule has 0 aliphatic rings. The van der Waals surface area contributed by atoms with Crippen molar-refractivity contribution in [2.45, 2.75) is 13.3 Å². The van der Waals surface area contributed by atoms with Crippen LogP contribution in [0.1, 0.15) is 12.5 Å². The van der Waals surface area contributed by atoms with Crippen LogP contribution in [0.25, 0.3) is 10.9 Å². The molecule has 0 atom stereocenters. The number of hydrogen-bond acceptors (Lipinski definition) is 3. The fourth-order valence-electron chi connectivity index (χ4n) is 2.27. The van der Waals surface area contributed by atoms with E-state index in [0.29, 0.717) is 5.69 Å². The number of hydrogen-bond donors (Lipinski definition) is 1. The number of ether oxygens (including phenoxy) is 1. The average Bonchev–Trinajstić information content (AvgIpc) is 2.51. The highest BCUT2D eigenvalue weighted by Gasteiger charge is 2.09. The van der Waals surface area contributed by atoms with E-state index < -0.39 is 0 Å². The van der Waals surface area contributed by atoms with Crippen molar-refractivity contribution in [2.24, 2.45) is 0 Å². The number of aromatic nitrogens is 1. The largest absolute Gasteiger partial charge is 0.455 e. The predicted octanol–water partition coefficient (Wildman–Crippen LogP) is 4.17. The molecule has 2 aromatic carbocycles. The Kier molecular flexibility index (Phi) is 3.25. The molecule has 0 bridgehead atoms. The van der Waals surface area contributed by atoms with Crippen molar-refractivity contribution in [1.82, 2.24) is 4.98 Å². The molecular weight excluding hydrogens is 248 g/mol. The first-order valence-corrected chi connectivity index (χ1v) is 6.68. The summed E-state index contributed by atoms with van der Waals surface area (Å²) >= 11 is 0. The summed E-state index contributed by atoms with van der Waals surface area (Å²) in [6.07, 6.45) is 2.68. The van der Waals surface area contributed by atoms with Crippen LogP contribution in [0, 0.1) is 0 Å². The number of pyridine rings is 1. The maximum Gasteiger partial charge on any atom is 0.153 e.